The zero-order chi connectivity index (χ0) is 38.9. The van der Waals surface area contributed by atoms with Gasteiger partial charge < -0.3 is 0 Å². The van der Waals surface area contributed by atoms with Gasteiger partial charge in [0.25, 0.3) is 0 Å². The number of aromatic nitrogens is 2. The highest BCUT2D eigenvalue weighted by Gasteiger charge is 2.52. The van der Waals surface area contributed by atoms with Crippen LogP contribution in [-0.4, -0.2) is 9.97 Å². The number of hydrogen-bond donors (Lipinski definition) is 0. The Morgan fingerprint density at radius 1 is 0.526 bits per heavy atom. The first-order valence-electron chi connectivity index (χ1n) is 20.3. The maximum absolute atomic E-state index is 5.44. The molecule has 276 valence electrons. The van der Waals surface area contributed by atoms with E-state index in [0.29, 0.717) is 5.92 Å². The highest BCUT2D eigenvalue weighted by Crippen LogP contribution is 2.63. The fraction of sp³-hybridized carbons (Fsp3) is 0.164. The number of benzene rings is 6. The van der Waals surface area contributed by atoms with Crippen LogP contribution >= 0.6 is 0 Å². The van der Waals surface area contributed by atoms with Crippen molar-refractivity contribution in [3.05, 3.63) is 209 Å². The number of allylic oxidation sites excluding steroid dienone is 6. The zero-order valence-corrected chi connectivity index (χ0v) is 33.3. The largest absolute Gasteiger partial charge is 0.228 e. The van der Waals surface area contributed by atoms with Gasteiger partial charge in [-0.2, -0.15) is 0 Å². The molecule has 57 heavy (non-hydrogen) atoms. The second-order valence-corrected chi connectivity index (χ2v) is 17.0. The second-order valence-electron chi connectivity index (χ2n) is 17.0. The average molecular weight is 735 g/mol. The van der Waals surface area contributed by atoms with E-state index in [1.807, 2.05) is 0 Å². The van der Waals surface area contributed by atoms with Gasteiger partial charge in [0, 0.05) is 16.7 Å². The van der Waals surface area contributed by atoms with Gasteiger partial charge >= 0.3 is 0 Å². The van der Waals surface area contributed by atoms with Crippen molar-refractivity contribution in [3.8, 4) is 56.2 Å². The van der Waals surface area contributed by atoms with Crippen molar-refractivity contribution >= 4 is 5.57 Å². The van der Waals surface area contributed by atoms with Crippen LogP contribution in [0, 0.1) is 11.3 Å². The summed E-state index contributed by atoms with van der Waals surface area (Å²) >= 11 is 0. The molecule has 7 aromatic rings. The summed E-state index contributed by atoms with van der Waals surface area (Å²) in [6.07, 6.45) is 8.16. The molecule has 1 aromatic heterocycles. The fourth-order valence-corrected chi connectivity index (χ4v) is 10.00. The summed E-state index contributed by atoms with van der Waals surface area (Å²) in [5, 5.41) is 0. The quantitative estimate of drug-likeness (QED) is 0.180. The Morgan fingerprint density at radius 2 is 1.04 bits per heavy atom. The summed E-state index contributed by atoms with van der Waals surface area (Å²) < 4.78 is 0. The Morgan fingerprint density at radius 3 is 1.67 bits per heavy atom. The molecule has 0 N–H and O–H groups in total. The minimum atomic E-state index is -0.427. The van der Waals surface area contributed by atoms with Crippen molar-refractivity contribution in [2.45, 2.75) is 46.5 Å². The molecule has 1 heterocycles. The van der Waals surface area contributed by atoms with Gasteiger partial charge in [0.1, 0.15) is 0 Å². The van der Waals surface area contributed by atoms with E-state index in [1.165, 1.54) is 66.8 Å². The summed E-state index contributed by atoms with van der Waals surface area (Å²) in [6.45, 7) is 11.6. The van der Waals surface area contributed by atoms with Crippen molar-refractivity contribution in [2.24, 2.45) is 11.3 Å². The molecule has 1 spiro atoms. The van der Waals surface area contributed by atoms with Gasteiger partial charge in [-0.25, -0.2) is 9.97 Å². The minimum absolute atomic E-state index is 0.124. The molecular formula is C55H46N2. The average Bonchev–Trinajstić information content (AvgIpc) is 3.71. The van der Waals surface area contributed by atoms with Gasteiger partial charge in [-0.3, -0.25) is 0 Å². The molecule has 0 saturated heterocycles. The van der Waals surface area contributed by atoms with Crippen LogP contribution in [-0.2, 0) is 5.41 Å². The molecule has 3 aliphatic rings. The molecule has 1 unspecified atom stereocenters. The van der Waals surface area contributed by atoms with E-state index in [9.17, 15) is 0 Å². The maximum Gasteiger partial charge on any atom is 0.161 e. The van der Waals surface area contributed by atoms with Gasteiger partial charge in [-0.05, 0) is 92.0 Å². The molecule has 3 aliphatic carbocycles. The summed E-state index contributed by atoms with van der Waals surface area (Å²) in [5.74, 6) is 1.25. The predicted molar refractivity (Wildman–Crippen MR) is 238 cm³/mol. The van der Waals surface area contributed by atoms with Crippen LogP contribution in [0.4, 0.5) is 0 Å². The Bertz CT molecular complexity index is 2760. The molecule has 0 fully saturated rings. The lowest BCUT2D eigenvalue weighted by atomic mass is 9.70. The lowest BCUT2D eigenvalue weighted by Gasteiger charge is -2.30. The van der Waals surface area contributed by atoms with E-state index in [2.05, 4.69) is 205 Å². The molecule has 6 aromatic carbocycles. The number of fused-ring (bicyclic) bond motifs is 10. The van der Waals surface area contributed by atoms with Crippen molar-refractivity contribution in [1.82, 2.24) is 9.97 Å². The lowest BCUT2D eigenvalue weighted by Crippen LogP contribution is -2.25. The molecule has 0 aliphatic heterocycles. The molecule has 0 saturated carbocycles. The summed E-state index contributed by atoms with van der Waals surface area (Å²) in [6, 6.07) is 55.3. The van der Waals surface area contributed by atoms with Crippen LogP contribution in [0.5, 0.6) is 0 Å². The first-order valence-corrected chi connectivity index (χ1v) is 20.3. The normalized spacial score (nSPS) is 19.1. The van der Waals surface area contributed by atoms with E-state index in [4.69, 9.17) is 9.97 Å². The van der Waals surface area contributed by atoms with Crippen molar-refractivity contribution < 1.29 is 0 Å². The van der Waals surface area contributed by atoms with Crippen molar-refractivity contribution in [3.63, 3.8) is 0 Å². The Labute approximate surface area is 337 Å². The van der Waals surface area contributed by atoms with Gasteiger partial charge in [0.2, 0.25) is 0 Å². The third kappa shape index (κ3) is 5.53. The molecule has 1 atom stereocenters. The highest BCUT2D eigenvalue weighted by atomic mass is 14.9. The number of nitrogens with zero attached hydrogens (tertiary/aromatic N) is 2. The maximum atomic E-state index is 5.44. The topological polar surface area (TPSA) is 25.8 Å². The van der Waals surface area contributed by atoms with Gasteiger partial charge in [0.05, 0.1) is 16.8 Å². The Kier molecular flexibility index (Phi) is 8.23. The monoisotopic (exact) mass is 734 g/mol. The molecule has 10 rings (SSSR count). The Balaban J connectivity index is 1.15. The van der Waals surface area contributed by atoms with Crippen LogP contribution in [0.25, 0.3) is 61.7 Å². The molecular weight excluding hydrogens is 689 g/mol. The minimum Gasteiger partial charge on any atom is -0.228 e. The van der Waals surface area contributed by atoms with Gasteiger partial charge in [0.15, 0.2) is 5.82 Å². The predicted octanol–water partition coefficient (Wildman–Crippen LogP) is 14.2. The lowest BCUT2D eigenvalue weighted by molar-refractivity contribution is 0.436. The number of hydrogen-bond acceptors (Lipinski definition) is 2. The van der Waals surface area contributed by atoms with E-state index < -0.39 is 5.41 Å². The summed E-state index contributed by atoms with van der Waals surface area (Å²) in [4.78, 5) is 10.8. The van der Waals surface area contributed by atoms with Gasteiger partial charge in [-0.15, -0.1) is 0 Å². The van der Waals surface area contributed by atoms with E-state index in [1.54, 1.807) is 0 Å². The SMILES string of the molecule is CC1=C\CC(C)/C(C(C)(C)C)=C/C=C\1c1ccc(-c2cc(-c3ccccc3)nc(-c3cccc4c3-c3ccccc3C43c4ccccc4-c4ccccc43)n2)cc1. The van der Waals surface area contributed by atoms with Crippen LogP contribution in [0.1, 0.15) is 68.9 Å². The molecule has 0 amide bonds. The van der Waals surface area contributed by atoms with Crippen LogP contribution in [0.3, 0.4) is 0 Å². The fourth-order valence-electron chi connectivity index (χ4n) is 10.00. The Hall–Kier alpha value is -6.38. The smallest absolute Gasteiger partial charge is 0.161 e. The van der Waals surface area contributed by atoms with Crippen molar-refractivity contribution in [1.29, 1.82) is 0 Å². The molecule has 2 nitrogen and oxygen atoms in total. The first-order chi connectivity index (χ1) is 27.7. The first kappa shape index (κ1) is 35.1. The molecule has 0 bridgehead atoms. The van der Waals surface area contributed by atoms with Crippen LogP contribution in [0.2, 0.25) is 0 Å². The summed E-state index contributed by atoms with van der Waals surface area (Å²) in [7, 11) is 0. The molecule has 0 radical (unpaired) electrons. The second kappa shape index (κ2) is 13.4. The van der Waals surface area contributed by atoms with Crippen LogP contribution < -0.4 is 0 Å². The van der Waals surface area contributed by atoms with E-state index >= 15 is 0 Å². The van der Waals surface area contributed by atoms with Gasteiger partial charge in [-0.1, -0.05) is 197 Å². The van der Waals surface area contributed by atoms with E-state index in [-0.39, 0.29) is 5.41 Å². The zero-order valence-electron chi connectivity index (χ0n) is 33.3. The van der Waals surface area contributed by atoms with E-state index in [0.717, 1.165) is 40.3 Å². The molecule has 2 heteroatoms. The van der Waals surface area contributed by atoms with Crippen molar-refractivity contribution in [2.75, 3.05) is 0 Å². The summed E-state index contributed by atoms with van der Waals surface area (Å²) in [5.41, 5.74) is 20.3. The van der Waals surface area contributed by atoms with Crippen LogP contribution in [0.15, 0.2) is 181 Å². The third-order valence-electron chi connectivity index (χ3n) is 12.6. The highest BCUT2D eigenvalue weighted by molar-refractivity contribution is 5.99. The number of rotatable bonds is 4. The standard InChI is InChI=1S/C55H46N2/c1-35-26-27-36(2)45(54(3,4)5)33-32-40(35)37-28-30-39(31-29-37)51-34-50(38-16-7-6-8-17-38)56-53(57-51)44-21-15-25-49-52(44)43-20-11-14-24-48(43)55(49)46-22-12-9-18-41(46)42-19-10-13-23-47(42)55/h6-26,28-34,36H,27H2,1-5H3/b35-26+,40-32+,45-33-. The third-order valence-corrected chi connectivity index (χ3v) is 12.6.